The van der Waals surface area contributed by atoms with E-state index in [1.807, 2.05) is 30.7 Å². The minimum Gasteiger partial charge on any atom is -0.387 e. The third-order valence-electron chi connectivity index (χ3n) is 4.02. The van der Waals surface area contributed by atoms with Gasteiger partial charge in [0.15, 0.2) is 0 Å². The van der Waals surface area contributed by atoms with Gasteiger partial charge in [0.2, 0.25) is 0 Å². The lowest BCUT2D eigenvalue weighted by Gasteiger charge is -2.17. The Morgan fingerprint density at radius 3 is 2.54 bits per heavy atom. The van der Waals surface area contributed by atoms with E-state index >= 15 is 0 Å². The topological polar surface area (TPSA) is 53.3 Å². The van der Waals surface area contributed by atoms with Crippen LogP contribution in [0.15, 0.2) is 24.3 Å². The van der Waals surface area contributed by atoms with E-state index in [1.54, 1.807) is 18.2 Å². The van der Waals surface area contributed by atoms with E-state index in [9.17, 15) is 9.50 Å². The van der Waals surface area contributed by atoms with Crippen molar-refractivity contribution in [3.8, 4) is 0 Å². The van der Waals surface area contributed by atoms with Crippen LogP contribution in [0.4, 0.5) is 10.2 Å². The van der Waals surface area contributed by atoms with Gasteiger partial charge in [-0.05, 0) is 12.0 Å². The summed E-state index contributed by atoms with van der Waals surface area (Å²) in [4.78, 5) is 2.03. The highest BCUT2D eigenvalue weighted by Gasteiger charge is 2.20. The minimum atomic E-state index is -0.881. The number of hydrogen-bond donors (Lipinski definition) is 2. The van der Waals surface area contributed by atoms with E-state index in [-0.39, 0.29) is 12.4 Å². The fourth-order valence-corrected chi connectivity index (χ4v) is 2.96. The van der Waals surface area contributed by atoms with Gasteiger partial charge in [-0.15, -0.1) is 0 Å². The first-order valence-electron chi connectivity index (χ1n) is 8.19. The van der Waals surface area contributed by atoms with Crippen LogP contribution in [-0.4, -0.2) is 35.5 Å². The fourth-order valence-electron chi connectivity index (χ4n) is 2.96. The molecule has 2 aromatic rings. The number of aliphatic hydroxyl groups excluding tert-OH is 1. The molecular formula is C18H27FN4O. The molecule has 24 heavy (non-hydrogen) atoms. The number of aromatic nitrogens is 2. The van der Waals surface area contributed by atoms with E-state index < -0.39 is 6.10 Å². The van der Waals surface area contributed by atoms with E-state index in [0.717, 1.165) is 17.1 Å². The first-order chi connectivity index (χ1) is 11.3. The van der Waals surface area contributed by atoms with Gasteiger partial charge in [0, 0.05) is 45.4 Å². The van der Waals surface area contributed by atoms with E-state index in [1.165, 1.54) is 6.07 Å². The fraction of sp³-hybridized carbons (Fsp3) is 0.500. The van der Waals surface area contributed by atoms with Crippen LogP contribution in [0.3, 0.4) is 0 Å². The smallest absolute Gasteiger partial charge is 0.130 e. The number of nitrogens with one attached hydrogen (secondary N) is 1. The number of nitrogens with zero attached hydrogens (tertiary/aromatic N) is 3. The Balaban J connectivity index is 2.10. The van der Waals surface area contributed by atoms with Crippen molar-refractivity contribution >= 4 is 5.82 Å². The number of aliphatic hydroxyl groups is 1. The highest BCUT2D eigenvalue weighted by Crippen LogP contribution is 2.27. The maximum absolute atomic E-state index is 13.7. The van der Waals surface area contributed by atoms with Gasteiger partial charge in [-0.2, -0.15) is 5.10 Å². The van der Waals surface area contributed by atoms with Gasteiger partial charge in [0.05, 0.1) is 11.8 Å². The first kappa shape index (κ1) is 18.4. The summed E-state index contributed by atoms with van der Waals surface area (Å²) in [5, 5.41) is 18.1. The molecule has 0 fully saturated rings. The molecule has 6 heteroatoms. The van der Waals surface area contributed by atoms with Crippen LogP contribution in [0.5, 0.6) is 0 Å². The Labute approximate surface area is 143 Å². The van der Waals surface area contributed by atoms with Crippen molar-refractivity contribution in [2.24, 2.45) is 7.05 Å². The summed E-state index contributed by atoms with van der Waals surface area (Å²) in [7, 11) is 5.90. The van der Waals surface area contributed by atoms with E-state index in [0.29, 0.717) is 18.0 Å². The zero-order valence-electron chi connectivity index (χ0n) is 15.0. The van der Waals surface area contributed by atoms with Crippen molar-refractivity contribution in [2.75, 3.05) is 25.5 Å². The molecule has 1 aromatic carbocycles. The molecule has 0 aliphatic heterocycles. The molecule has 5 nitrogen and oxygen atoms in total. The summed E-state index contributed by atoms with van der Waals surface area (Å²) >= 11 is 0. The van der Waals surface area contributed by atoms with Crippen molar-refractivity contribution in [2.45, 2.75) is 32.4 Å². The van der Waals surface area contributed by atoms with Gasteiger partial charge in [0.1, 0.15) is 11.6 Å². The molecule has 2 rings (SSSR count). The highest BCUT2D eigenvalue weighted by atomic mass is 19.1. The van der Waals surface area contributed by atoms with E-state index in [2.05, 4.69) is 24.3 Å². The molecular weight excluding hydrogens is 307 g/mol. The Kier molecular flexibility index (Phi) is 5.96. The number of hydrogen-bond acceptors (Lipinski definition) is 4. The van der Waals surface area contributed by atoms with Crippen LogP contribution in [0.1, 0.15) is 42.7 Å². The maximum Gasteiger partial charge on any atom is 0.130 e. The monoisotopic (exact) mass is 334 g/mol. The second-order valence-electron chi connectivity index (χ2n) is 6.53. The van der Waals surface area contributed by atoms with Gasteiger partial charge in [-0.1, -0.05) is 32.0 Å². The van der Waals surface area contributed by atoms with Gasteiger partial charge in [-0.25, -0.2) is 4.39 Å². The summed E-state index contributed by atoms with van der Waals surface area (Å²) in [5.41, 5.74) is 2.46. The normalized spacial score (nSPS) is 12.7. The van der Waals surface area contributed by atoms with Crippen LogP contribution in [0.25, 0.3) is 0 Å². The Morgan fingerprint density at radius 2 is 1.96 bits per heavy atom. The summed E-state index contributed by atoms with van der Waals surface area (Å²) in [6.07, 6.45) is -0.881. The second-order valence-corrected chi connectivity index (χ2v) is 6.53. The van der Waals surface area contributed by atoms with Crippen LogP contribution in [0.2, 0.25) is 0 Å². The van der Waals surface area contributed by atoms with Gasteiger partial charge >= 0.3 is 0 Å². The number of benzene rings is 1. The number of rotatable bonds is 7. The summed E-state index contributed by atoms with van der Waals surface area (Å²) in [6, 6.07) is 6.31. The van der Waals surface area contributed by atoms with Crippen molar-refractivity contribution in [1.82, 2.24) is 15.1 Å². The summed E-state index contributed by atoms with van der Waals surface area (Å²) in [6.45, 7) is 5.07. The molecule has 0 saturated heterocycles. The predicted octanol–water partition coefficient (Wildman–Crippen LogP) is 2.57. The van der Waals surface area contributed by atoms with Gasteiger partial charge < -0.3 is 15.3 Å². The predicted molar refractivity (Wildman–Crippen MR) is 94.7 cm³/mol. The quantitative estimate of drug-likeness (QED) is 0.817. The van der Waals surface area contributed by atoms with Crippen LogP contribution < -0.4 is 10.2 Å². The van der Waals surface area contributed by atoms with Crippen molar-refractivity contribution < 1.29 is 9.50 Å². The molecule has 0 spiro atoms. The molecule has 0 bridgehead atoms. The third-order valence-corrected chi connectivity index (χ3v) is 4.02. The average molecular weight is 334 g/mol. The highest BCUT2D eigenvalue weighted by molar-refractivity contribution is 5.50. The molecule has 2 N–H and O–H groups in total. The molecule has 0 amide bonds. The molecule has 0 aliphatic rings. The molecule has 0 unspecified atom stereocenters. The first-order valence-corrected chi connectivity index (χ1v) is 8.19. The third kappa shape index (κ3) is 3.94. The molecule has 1 atom stereocenters. The molecule has 0 saturated carbocycles. The Hall–Kier alpha value is -1.92. The van der Waals surface area contributed by atoms with Crippen molar-refractivity contribution in [3.05, 3.63) is 46.9 Å². The van der Waals surface area contributed by atoms with Crippen molar-refractivity contribution in [3.63, 3.8) is 0 Å². The summed E-state index contributed by atoms with van der Waals surface area (Å²) in [5.74, 6) is 0.954. The number of anilines is 1. The lowest BCUT2D eigenvalue weighted by atomic mass is 10.0. The Bertz CT molecular complexity index is 682. The molecule has 0 aliphatic carbocycles. The molecule has 1 aromatic heterocycles. The zero-order valence-corrected chi connectivity index (χ0v) is 15.0. The maximum atomic E-state index is 13.7. The largest absolute Gasteiger partial charge is 0.387 e. The van der Waals surface area contributed by atoms with Gasteiger partial charge in [-0.3, -0.25) is 4.68 Å². The standard InChI is InChI=1S/C18H27FN4O/c1-12(2)17-14(18(22(3)4)23(5)21-17)10-20-11-16(24)13-8-6-7-9-15(13)19/h6-9,12,16,20,24H,10-11H2,1-5H3/t16-/m1/s1. The number of aryl methyl sites for hydroxylation is 1. The lowest BCUT2D eigenvalue weighted by molar-refractivity contribution is 0.169. The molecule has 1 heterocycles. The van der Waals surface area contributed by atoms with Crippen LogP contribution in [0, 0.1) is 5.82 Å². The van der Waals surface area contributed by atoms with Crippen LogP contribution in [-0.2, 0) is 13.6 Å². The number of halogens is 1. The molecule has 0 radical (unpaired) electrons. The lowest BCUT2D eigenvalue weighted by Crippen LogP contribution is -2.24. The summed E-state index contributed by atoms with van der Waals surface area (Å²) < 4.78 is 15.6. The SMILES string of the molecule is CC(C)c1nn(C)c(N(C)C)c1CNC[C@@H](O)c1ccccc1F. The van der Waals surface area contributed by atoms with Gasteiger partial charge in [0.25, 0.3) is 0 Å². The van der Waals surface area contributed by atoms with E-state index in [4.69, 9.17) is 0 Å². The zero-order chi connectivity index (χ0) is 17.9. The molecule has 132 valence electrons. The van der Waals surface area contributed by atoms with Crippen molar-refractivity contribution in [1.29, 1.82) is 0 Å². The average Bonchev–Trinajstić information content (AvgIpc) is 2.84. The Morgan fingerprint density at radius 1 is 1.29 bits per heavy atom. The minimum absolute atomic E-state index is 0.278. The van der Waals surface area contributed by atoms with Crippen LogP contribution >= 0.6 is 0 Å². The second kappa shape index (κ2) is 7.77.